The van der Waals surface area contributed by atoms with Crippen molar-refractivity contribution in [2.45, 2.75) is 39.0 Å². The van der Waals surface area contributed by atoms with Crippen LogP contribution in [-0.2, 0) is 20.5 Å². The topological polar surface area (TPSA) is 53.2 Å². The molecule has 1 rings (SSSR count). The standard InChI is InChI=1S/C13H22N2O3/c1-5-6-7-8-9-10-11(16)14(2)13(17)15(3)12(10)18-4/h5-9H2,1-4H3. The second-order valence-corrected chi connectivity index (χ2v) is 4.50. The van der Waals surface area contributed by atoms with Crippen molar-refractivity contribution in [3.63, 3.8) is 0 Å². The monoisotopic (exact) mass is 254 g/mol. The van der Waals surface area contributed by atoms with Crippen LogP contribution in [0.15, 0.2) is 9.59 Å². The lowest BCUT2D eigenvalue weighted by Gasteiger charge is -2.13. The minimum Gasteiger partial charge on any atom is -0.482 e. The van der Waals surface area contributed by atoms with Gasteiger partial charge in [0.2, 0.25) is 5.88 Å². The van der Waals surface area contributed by atoms with E-state index in [0.717, 1.165) is 30.3 Å². The maximum atomic E-state index is 12.1. The Kier molecular flexibility index (Phi) is 5.19. The van der Waals surface area contributed by atoms with Crippen LogP contribution in [0.25, 0.3) is 0 Å². The van der Waals surface area contributed by atoms with Gasteiger partial charge in [0.05, 0.1) is 12.7 Å². The summed E-state index contributed by atoms with van der Waals surface area (Å²) in [6.07, 6.45) is 5.00. The van der Waals surface area contributed by atoms with E-state index >= 15 is 0 Å². The smallest absolute Gasteiger partial charge is 0.333 e. The first kappa shape index (κ1) is 14.5. The second-order valence-electron chi connectivity index (χ2n) is 4.50. The molecule has 0 unspecified atom stereocenters. The van der Waals surface area contributed by atoms with Crippen LogP contribution in [0.5, 0.6) is 5.88 Å². The van der Waals surface area contributed by atoms with Crippen LogP contribution >= 0.6 is 0 Å². The van der Waals surface area contributed by atoms with Crippen molar-refractivity contribution in [3.05, 3.63) is 26.4 Å². The van der Waals surface area contributed by atoms with Gasteiger partial charge in [0, 0.05) is 14.1 Å². The summed E-state index contributed by atoms with van der Waals surface area (Å²) in [5, 5.41) is 0. The molecule has 0 atom stereocenters. The molecule has 0 fully saturated rings. The van der Waals surface area contributed by atoms with Gasteiger partial charge in [0.25, 0.3) is 5.56 Å². The zero-order valence-corrected chi connectivity index (χ0v) is 11.7. The number of nitrogens with zero attached hydrogens (tertiary/aromatic N) is 2. The highest BCUT2D eigenvalue weighted by Gasteiger charge is 2.15. The van der Waals surface area contributed by atoms with Gasteiger partial charge in [-0.2, -0.15) is 0 Å². The summed E-state index contributed by atoms with van der Waals surface area (Å²) < 4.78 is 7.72. The van der Waals surface area contributed by atoms with E-state index in [4.69, 9.17) is 4.74 Å². The number of rotatable bonds is 6. The Morgan fingerprint density at radius 3 is 2.28 bits per heavy atom. The highest BCUT2D eigenvalue weighted by Crippen LogP contribution is 2.14. The van der Waals surface area contributed by atoms with E-state index < -0.39 is 0 Å². The number of unbranched alkanes of at least 4 members (excludes halogenated alkanes) is 3. The summed E-state index contributed by atoms with van der Waals surface area (Å²) >= 11 is 0. The molecule has 0 saturated heterocycles. The molecule has 0 radical (unpaired) electrons. The van der Waals surface area contributed by atoms with Gasteiger partial charge in [-0.25, -0.2) is 4.79 Å². The normalized spacial score (nSPS) is 10.7. The highest BCUT2D eigenvalue weighted by atomic mass is 16.5. The lowest BCUT2D eigenvalue weighted by Crippen LogP contribution is -2.39. The number of methoxy groups -OCH3 is 1. The van der Waals surface area contributed by atoms with E-state index in [9.17, 15) is 9.59 Å². The zero-order chi connectivity index (χ0) is 13.7. The third-order valence-electron chi connectivity index (χ3n) is 3.17. The Labute approximate surface area is 107 Å². The van der Waals surface area contributed by atoms with Crippen molar-refractivity contribution in [3.8, 4) is 5.88 Å². The van der Waals surface area contributed by atoms with Crippen LogP contribution in [0.3, 0.4) is 0 Å². The maximum absolute atomic E-state index is 12.1. The summed E-state index contributed by atoms with van der Waals surface area (Å²) in [5.41, 5.74) is -0.00110. The molecule has 0 bridgehead atoms. The molecule has 0 aliphatic heterocycles. The number of aromatic nitrogens is 2. The molecule has 0 aliphatic rings. The molecule has 5 heteroatoms. The van der Waals surface area contributed by atoms with Crippen molar-refractivity contribution in [1.29, 1.82) is 0 Å². The molecular weight excluding hydrogens is 232 g/mol. The summed E-state index contributed by atoms with van der Waals surface area (Å²) in [4.78, 5) is 23.8. The molecule has 0 N–H and O–H groups in total. The van der Waals surface area contributed by atoms with Crippen LogP contribution in [-0.4, -0.2) is 16.2 Å². The van der Waals surface area contributed by atoms with Gasteiger partial charge in [0.1, 0.15) is 0 Å². The maximum Gasteiger partial charge on any atom is 0.333 e. The van der Waals surface area contributed by atoms with Crippen molar-refractivity contribution in [1.82, 2.24) is 9.13 Å². The summed E-state index contributed by atoms with van der Waals surface area (Å²) in [6, 6.07) is 0. The first-order chi connectivity index (χ1) is 8.54. The Bertz CT molecular complexity index is 514. The number of hydrogen-bond donors (Lipinski definition) is 0. The minimum absolute atomic E-state index is 0.244. The van der Waals surface area contributed by atoms with Gasteiger partial charge in [-0.1, -0.05) is 26.2 Å². The van der Waals surface area contributed by atoms with Gasteiger partial charge in [-0.3, -0.25) is 13.9 Å². The SMILES string of the molecule is CCCCCCc1c(OC)n(C)c(=O)n(C)c1=O. The van der Waals surface area contributed by atoms with E-state index in [2.05, 4.69) is 6.92 Å². The van der Waals surface area contributed by atoms with Gasteiger partial charge in [0.15, 0.2) is 0 Å². The van der Waals surface area contributed by atoms with Gasteiger partial charge < -0.3 is 4.74 Å². The Balaban J connectivity index is 3.10. The fourth-order valence-corrected chi connectivity index (χ4v) is 2.10. The van der Waals surface area contributed by atoms with Crippen LogP contribution in [0.2, 0.25) is 0 Å². The first-order valence-corrected chi connectivity index (χ1v) is 6.37. The van der Waals surface area contributed by atoms with Gasteiger partial charge in [-0.15, -0.1) is 0 Å². The van der Waals surface area contributed by atoms with E-state index in [-0.39, 0.29) is 11.2 Å². The molecular formula is C13H22N2O3. The quantitative estimate of drug-likeness (QED) is 0.717. The molecule has 102 valence electrons. The zero-order valence-electron chi connectivity index (χ0n) is 11.7. The molecule has 0 aliphatic carbocycles. The van der Waals surface area contributed by atoms with E-state index in [1.807, 2.05) is 0 Å². The predicted molar refractivity (Wildman–Crippen MR) is 71.3 cm³/mol. The molecule has 18 heavy (non-hydrogen) atoms. The predicted octanol–water partition coefficient (Wildman–Crippen LogP) is 1.22. The van der Waals surface area contributed by atoms with Gasteiger partial charge in [-0.05, 0) is 12.8 Å². The van der Waals surface area contributed by atoms with Crippen LogP contribution in [0, 0.1) is 0 Å². The number of hydrogen-bond acceptors (Lipinski definition) is 3. The number of ether oxygens (including phenoxy) is 1. The molecule has 1 aromatic heterocycles. The summed E-state index contributed by atoms with van der Waals surface area (Å²) in [6.45, 7) is 2.14. The fourth-order valence-electron chi connectivity index (χ4n) is 2.10. The highest BCUT2D eigenvalue weighted by molar-refractivity contribution is 5.24. The van der Waals surface area contributed by atoms with Crippen molar-refractivity contribution in [2.75, 3.05) is 7.11 Å². The molecule has 1 heterocycles. The van der Waals surface area contributed by atoms with Crippen molar-refractivity contribution < 1.29 is 4.74 Å². The minimum atomic E-state index is -0.353. The first-order valence-electron chi connectivity index (χ1n) is 6.37. The Morgan fingerprint density at radius 1 is 1.06 bits per heavy atom. The second kappa shape index (κ2) is 6.42. The van der Waals surface area contributed by atoms with Crippen LogP contribution in [0.1, 0.15) is 38.2 Å². The van der Waals surface area contributed by atoms with Crippen molar-refractivity contribution >= 4 is 0 Å². The summed E-state index contributed by atoms with van der Waals surface area (Å²) in [7, 11) is 4.61. The molecule has 0 aromatic carbocycles. The van der Waals surface area contributed by atoms with Gasteiger partial charge >= 0.3 is 5.69 Å². The Morgan fingerprint density at radius 2 is 1.72 bits per heavy atom. The van der Waals surface area contributed by atoms with Crippen molar-refractivity contribution in [2.24, 2.45) is 14.1 Å². The Hall–Kier alpha value is -1.52. The molecule has 1 aromatic rings. The average molecular weight is 254 g/mol. The summed E-state index contributed by atoms with van der Waals surface area (Å²) in [5.74, 6) is 0.389. The fraction of sp³-hybridized carbons (Fsp3) is 0.692. The lowest BCUT2D eigenvalue weighted by atomic mass is 10.1. The average Bonchev–Trinajstić information content (AvgIpc) is 2.38. The largest absolute Gasteiger partial charge is 0.482 e. The van der Waals surface area contributed by atoms with Crippen LogP contribution < -0.4 is 16.0 Å². The third-order valence-corrected chi connectivity index (χ3v) is 3.17. The van der Waals surface area contributed by atoms with E-state index in [0.29, 0.717) is 17.9 Å². The third kappa shape index (κ3) is 2.83. The molecule has 0 saturated carbocycles. The molecule has 0 spiro atoms. The van der Waals surface area contributed by atoms with Crippen LogP contribution in [0.4, 0.5) is 0 Å². The molecule has 0 amide bonds. The van der Waals surface area contributed by atoms with E-state index in [1.165, 1.54) is 18.7 Å². The van der Waals surface area contributed by atoms with E-state index in [1.54, 1.807) is 7.05 Å². The molecule has 5 nitrogen and oxygen atoms in total. The lowest BCUT2D eigenvalue weighted by molar-refractivity contribution is 0.361.